The normalized spacial score (nSPS) is 21.2. The molecule has 1 aliphatic heterocycles. The highest BCUT2D eigenvalue weighted by Gasteiger charge is 2.15. The van der Waals surface area contributed by atoms with Gasteiger partial charge in [-0.3, -0.25) is 0 Å². The molecule has 1 aliphatic rings. The first-order chi connectivity index (χ1) is 7.43. The van der Waals surface area contributed by atoms with Crippen LogP contribution in [0.25, 0.3) is 11.0 Å². The summed E-state index contributed by atoms with van der Waals surface area (Å²) in [5.74, 6) is 0. The molecule has 3 heteroatoms. The van der Waals surface area contributed by atoms with Crippen LogP contribution in [0.3, 0.4) is 0 Å². The number of fused-ring (bicyclic) bond motifs is 1. The van der Waals surface area contributed by atoms with E-state index in [0.717, 1.165) is 18.6 Å². The van der Waals surface area contributed by atoms with Gasteiger partial charge in [-0.05, 0) is 31.5 Å². The molecule has 1 saturated heterocycles. The van der Waals surface area contributed by atoms with E-state index in [0.29, 0.717) is 6.04 Å². The van der Waals surface area contributed by atoms with Crippen molar-refractivity contribution in [2.24, 2.45) is 0 Å². The minimum atomic E-state index is 0.627. The summed E-state index contributed by atoms with van der Waals surface area (Å²) < 4.78 is 2.25. The van der Waals surface area contributed by atoms with Gasteiger partial charge in [0.1, 0.15) is 0 Å². The number of nitrogens with one attached hydrogen (secondary N) is 1. The Hall–Kier alpha value is -1.35. The lowest BCUT2D eigenvalue weighted by molar-refractivity contribution is 0.517. The lowest BCUT2D eigenvalue weighted by atomic mass is 10.2. The van der Waals surface area contributed by atoms with E-state index in [4.69, 9.17) is 0 Å². The van der Waals surface area contributed by atoms with Crippen LogP contribution in [-0.2, 0) is 6.54 Å². The van der Waals surface area contributed by atoms with Gasteiger partial charge in [0.2, 0.25) is 0 Å². The van der Waals surface area contributed by atoms with Crippen LogP contribution >= 0.6 is 0 Å². The maximum Gasteiger partial charge on any atom is 0.0958 e. The van der Waals surface area contributed by atoms with Gasteiger partial charge in [0.25, 0.3) is 0 Å². The highest BCUT2D eigenvalue weighted by molar-refractivity contribution is 5.74. The monoisotopic (exact) mass is 201 g/mol. The van der Waals surface area contributed by atoms with Gasteiger partial charge >= 0.3 is 0 Å². The van der Waals surface area contributed by atoms with Crippen molar-refractivity contribution in [2.75, 3.05) is 6.54 Å². The predicted octanol–water partition coefficient (Wildman–Crippen LogP) is 1.79. The Morgan fingerprint density at radius 1 is 1.40 bits per heavy atom. The van der Waals surface area contributed by atoms with Crippen LogP contribution in [0.1, 0.15) is 12.8 Å². The molecule has 0 saturated carbocycles. The van der Waals surface area contributed by atoms with E-state index in [2.05, 4.69) is 33.1 Å². The second-order valence-corrected chi connectivity index (χ2v) is 4.18. The van der Waals surface area contributed by atoms with E-state index >= 15 is 0 Å². The average Bonchev–Trinajstić information content (AvgIpc) is 2.89. The van der Waals surface area contributed by atoms with E-state index in [1.165, 1.54) is 18.4 Å². The molecule has 78 valence electrons. The fourth-order valence-corrected chi connectivity index (χ4v) is 2.31. The third-order valence-electron chi connectivity index (χ3n) is 3.11. The second-order valence-electron chi connectivity index (χ2n) is 4.18. The summed E-state index contributed by atoms with van der Waals surface area (Å²) in [7, 11) is 0. The Balaban J connectivity index is 1.90. The highest BCUT2D eigenvalue weighted by Crippen LogP contribution is 2.14. The molecule has 3 rings (SSSR count). The lowest BCUT2D eigenvalue weighted by Gasteiger charge is -2.11. The Morgan fingerprint density at radius 3 is 3.20 bits per heavy atom. The van der Waals surface area contributed by atoms with Crippen molar-refractivity contribution in [2.45, 2.75) is 25.4 Å². The van der Waals surface area contributed by atoms with E-state index in [1.807, 2.05) is 12.4 Å². The van der Waals surface area contributed by atoms with E-state index in [-0.39, 0.29) is 0 Å². The number of para-hydroxylation sites is 2. The molecule has 3 nitrogen and oxygen atoms in total. The molecule has 15 heavy (non-hydrogen) atoms. The summed E-state index contributed by atoms with van der Waals surface area (Å²) in [5, 5.41) is 3.51. The van der Waals surface area contributed by atoms with Crippen LogP contribution in [0.15, 0.2) is 30.6 Å². The molecular weight excluding hydrogens is 186 g/mol. The zero-order chi connectivity index (χ0) is 10.1. The molecule has 0 radical (unpaired) electrons. The van der Waals surface area contributed by atoms with E-state index in [9.17, 15) is 0 Å². The Kier molecular flexibility index (Phi) is 2.18. The van der Waals surface area contributed by atoms with Crippen LogP contribution in [0, 0.1) is 0 Å². The Bertz CT molecular complexity index is 455. The van der Waals surface area contributed by atoms with Crippen LogP contribution in [-0.4, -0.2) is 22.1 Å². The number of hydrogen-bond acceptors (Lipinski definition) is 2. The van der Waals surface area contributed by atoms with Gasteiger partial charge in [-0.15, -0.1) is 0 Å². The summed E-state index contributed by atoms with van der Waals surface area (Å²) in [6.07, 6.45) is 4.54. The third-order valence-corrected chi connectivity index (χ3v) is 3.11. The zero-order valence-corrected chi connectivity index (χ0v) is 8.69. The molecule has 0 amide bonds. The van der Waals surface area contributed by atoms with E-state index in [1.54, 1.807) is 0 Å². The van der Waals surface area contributed by atoms with Gasteiger partial charge in [0.05, 0.1) is 17.4 Å². The molecule has 0 unspecified atom stereocenters. The smallest absolute Gasteiger partial charge is 0.0958 e. The highest BCUT2D eigenvalue weighted by atomic mass is 15.1. The van der Waals surface area contributed by atoms with Gasteiger partial charge in [-0.1, -0.05) is 12.1 Å². The van der Waals surface area contributed by atoms with Gasteiger partial charge in [0, 0.05) is 12.6 Å². The largest absolute Gasteiger partial charge is 0.329 e. The number of nitrogens with zero attached hydrogens (tertiary/aromatic N) is 2. The molecule has 2 heterocycles. The van der Waals surface area contributed by atoms with Crippen LogP contribution in [0.4, 0.5) is 0 Å². The summed E-state index contributed by atoms with van der Waals surface area (Å²) in [5.41, 5.74) is 2.33. The maximum absolute atomic E-state index is 4.40. The second kappa shape index (κ2) is 3.66. The quantitative estimate of drug-likeness (QED) is 0.802. The molecule has 0 aliphatic carbocycles. The minimum Gasteiger partial charge on any atom is -0.329 e. The zero-order valence-electron chi connectivity index (χ0n) is 8.69. The molecule has 2 aromatic rings. The lowest BCUT2D eigenvalue weighted by Crippen LogP contribution is -2.26. The Labute approximate surface area is 89.1 Å². The number of rotatable bonds is 2. The predicted molar refractivity (Wildman–Crippen MR) is 60.8 cm³/mol. The fourth-order valence-electron chi connectivity index (χ4n) is 2.31. The van der Waals surface area contributed by atoms with Crippen molar-refractivity contribution in [3.8, 4) is 0 Å². The topological polar surface area (TPSA) is 29.9 Å². The molecule has 1 atom stereocenters. The maximum atomic E-state index is 4.40. The molecule has 1 N–H and O–H groups in total. The number of aromatic nitrogens is 2. The molecule has 1 aromatic heterocycles. The molecule has 1 fully saturated rings. The molecular formula is C12H15N3. The Morgan fingerprint density at radius 2 is 2.33 bits per heavy atom. The van der Waals surface area contributed by atoms with Crippen molar-refractivity contribution in [1.82, 2.24) is 14.9 Å². The van der Waals surface area contributed by atoms with Crippen molar-refractivity contribution in [1.29, 1.82) is 0 Å². The first kappa shape index (κ1) is 8.92. The standard InChI is InChI=1S/C12H15N3/c1-2-6-12-11(5-1)14-9-15(12)8-10-4-3-7-13-10/h1-2,5-6,9-10,13H,3-4,7-8H2/t10-/m1/s1. The fraction of sp³-hybridized carbons (Fsp3) is 0.417. The average molecular weight is 201 g/mol. The summed E-state index contributed by atoms with van der Waals surface area (Å²) in [6.45, 7) is 2.21. The minimum absolute atomic E-state index is 0.627. The van der Waals surface area contributed by atoms with Crippen molar-refractivity contribution >= 4 is 11.0 Å². The van der Waals surface area contributed by atoms with Crippen molar-refractivity contribution in [3.63, 3.8) is 0 Å². The third kappa shape index (κ3) is 1.63. The van der Waals surface area contributed by atoms with Crippen molar-refractivity contribution < 1.29 is 0 Å². The van der Waals surface area contributed by atoms with Crippen molar-refractivity contribution in [3.05, 3.63) is 30.6 Å². The van der Waals surface area contributed by atoms with Crippen LogP contribution < -0.4 is 5.32 Å². The van der Waals surface area contributed by atoms with Crippen LogP contribution in [0.5, 0.6) is 0 Å². The summed E-state index contributed by atoms with van der Waals surface area (Å²) in [6, 6.07) is 8.93. The first-order valence-corrected chi connectivity index (χ1v) is 5.57. The van der Waals surface area contributed by atoms with Gasteiger partial charge in [-0.2, -0.15) is 0 Å². The summed E-state index contributed by atoms with van der Waals surface area (Å²) >= 11 is 0. The van der Waals surface area contributed by atoms with E-state index < -0.39 is 0 Å². The number of imidazole rings is 1. The molecule has 0 spiro atoms. The summed E-state index contributed by atoms with van der Waals surface area (Å²) in [4.78, 5) is 4.40. The molecule has 1 aromatic carbocycles. The number of hydrogen-bond donors (Lipinski definition) is 1. The first-order valence-electron chi connectivity index (χ1n) is 5.57. The SMILES string of the molecule is c1ccc2c(c1)ncn2C[C@H]1CCCN1. The van der Waals surface area contributed by atoms with Gasteiger partial charge in [-0.25, -0.2) is 4.98 Å². The van der Waals surface area contributed by atoms with Gasteiger partial charge < -0.3 is 9.88 Å². The number of benzene rings is 1. The van der Waals surface area contributed by atoms with Gasteiger partial charge in [0.15, 0.2) is 0 Å². The molecule has 0 bridgehead atoms. The van der Waals surface area contributed by atoms with Crippen LogP contribution in [0.2, 0.25) is 0 Å².